The van der Waals surface area contributed by atoms with Gasteiger partial charge in [0.2, 0.25) is 5.91 Å². The molecule has 0 unspecified atom stereocenters. The van der Waals surface area contributed by atoms with E-state index in [0.717, 1.165) is 43.8 Å². The summed E-state index contributed by atoms with van der Waals surface area (Å²) in [5.74, 6) is 0.938. The number of hydrogen-bond acceptors (Lipinski definition) is 5. The zero-order valence-electron chi connectivity index (χ0n) is 15.6. The summed E-state index contributed by atoms with van der Waals surface area (Å²) in [6.45, 7) is 4.26. The quantitative estimate of drug-likeness (QED) is 0.703. The first-order chi connectivity index (χ1) is 12.1. The molecule has 1 heterocycles. The maximum atomic E-state index is 12.7. The third-order valence-corrected chi connectivity index (χ3v) is 4.65. The van der Waals surface area contributed by atoms with Crippen molar-refractivity contribution in [3.8, 4) is 5.75 Å². The predicted molar refractivity (Wildman–Crippen MR) is 98.8 cm³/mol. The molecule has 25 heavy (non-hydrogen) atoms. The number of piperidine rings is 1. The van der Waals surface area contributed by atoms with E-state index in [1.165, 1.54) is 0 Å². The fraction of sp³-hybridized carbons (Fsp3) is 0.632. The fourth-order valence-electron chi connectivity index (χ4n) is 3.04. The minimum Gasteiger partial charge on any atom is -0.492 e. The zero-order valence-corrected chi connectivity index (χ0v) is 15.6. The van der Waals surface area contributed by atoms with Gasteiger partial charge in [-0.25, -0.2) is 0 Å². The van der Waals surface area contributed by atoms with Crippen LogP contribution in [-0.4, -0.2) is 64.9 Å². The Bertz CT molecular complexity index is 520. The maximum absolute atomic E-state index is 12.7. The summed E-state index contributed by atoms with van der Waals surface area (Å²) >= 11 is 0. The van der Waals surface area contributed by atoms with E-state index >= 15 is 0 Å². The summed E-state index contributed by atoms with van der Waals surface area (Å²) in [5.41, 5.74) is 0.657. The Morgan fingerprint density at radius 3 is 2.52 bits per heavy atom. The smallest absolute Gasteiger partial charge is 0.228 e. The summed E-state index contributed by atoms with van der Waals surface area (Å²) in [7, 11) is 5.70. The number of nitrogens with zero attached hydrogens (tertiary/aromatic N) is 1. The van der Waals surface area contributed by atoms with Crippen molar-refractivity contribution in [3.05, 3.63) is 29.8 Å². The van der Waals surface area contributed by atoms with Gasteiger partial charge in [0.1, 0.15) is 12.4 Å². The summed E-state index contributed by atoms with van der Waals surface area (Å²) < 4.78 is 11.0. The van der Waals surface area contributed by atoms with Crippen LogP contribution in [-0.2, 0) is 16.1 Å². The Morgan fingerprint density at radius 1 is 1.24 bits per heavy atom. The second kappa shape index (κ2) is 9.75. The molecule has 0 aromatic heterocycles. The Labute approximate surface area is 150 Å². The van der Waals surface area contributed by atoms with E-state index < -0.39 is 5.41 Å². The van der Waals surface area contributed by atoms with E-state index in [1.807, 2.05) is 38.4 Å². The number of amides is 1. The van der Waals surface area contributed by atoms with Gasteiger partial charge in [-0.2, -0.15) is 0 Å². The molecule has 2 rings (SSSR count). The molecule has 1 saturated heterocycles. The molecule has 140 valence electrons. The Hall–Kier alpha value is -1.63. The van der Waals surface area contributed by atoms with E-state index in [9.17, 15) is 4.79 Å². The fourth-order valence-corrected chi connectivity index (χ4v) is 3.04. The molecule has 0 saturated carbocycles. The van der Waals surface area contributed by atoms with E-state index in [1.54, 1.807) is 7.11 Å². The van der Waals surface area contributed by atoms with Gasteiger partial charge in [0.25, 0.3) is 0 Å². The van der Waals surface area contributed by atoms with Crippen LogP contribution in [0.15, 0.2) is 24.3 Å². The summed E-state index contributed by atoms with van der Waals surface area (Å²) in [5, 5.41) is 6.38. The molecule has 0 aliphatic carbocycles. The van der Waals surface area contributed by atoms with Crippen LogP contribution in [0.3, 0.4) is 0 Å². The lowest BCUT2D eigenvalue weighted by Crippen LogP contribution is -2.49. The van der Waals surface area contributed by atoms with E-state index in [-0.39, 0.29) is 5.91 Å². The molecule has 1 aliphatic heterocycles. The molecule has 0 radical (unpaired) electrons. The highest BCUT2D eigenvalue weighted by Gasteiger charge is 2.39. The highest BCUT2D eigenvalue weighted by molar-refractivity contribution is 5.83. The second-order valence-electron chi connectivity index (χ2n) is 6.94. The number of hydrogen-bond donors (Lipinski definition) is 2. The van der Waals surface area contributed by atoms with Crippen molar-refractivity contribution < 1.29 is 14.3 Å². The van der Waals surface area contributed by atoms with Gasteiger partial charge in [-0.15, -0.1) is 0 Å². The molecule has 2 N–H and O–H groups in total. The van der Waals surface area contributed by atoms with Crippen LogP contribution in [0.2, 0.25) is 0 Å². The number of rotatable bonds is 9. The van der Waals surface area contributed by atoms with E-state index in [2.05, 4.69) is 15.5 Å². The topological polar surface area (TPSA) is 62.8 Å². The summed E-state index contributed by atoms with van der Waals surface area (Å²) in [6, 6.07) is 7.90. The van der Waals surface area contributed by atoms with Crippen LogP contribution >= 0.6 is 0 Å². The van der Waals surface area contributed by atoms with Gasteiger partial charge in [0.15, 0.2) is 0 Å². The van der Waals surface area contributed by atoms with Gasteiger partial charge in [-0.3, -0.25) is 4.79 Å². The average molecular weight is 349 g/mol. The minimum atomic E-state index is -0.408. The van der Waals surface area contributed by atoms with Gasteiger partial charge >= 0.3 is 0 Å². The number of nitrogens with one attached hydrogen (secondary N) is 2. The van der Waals surface area contributed by atoms with Crippen molar-refractivity contribution in [2.45, 2.75) is 19.4 Å². The van der Waals surface area contributed by atoms with Crippen molar-refractivity contribution in [2.24, 2.45) is 5.41 Å². The Morgan fingerprint density at radius 2 is 1.92 bits per heavy atom. The number of methoxy groups -OCH3 is 1. The van der Waals surface area contributed by atoms with Crippen molar-refractivity contribution in [2.75, 3.05) is 54.1 Å². The van der Waals surface area contributed by atoms with Crippen molar-refractivity contribution in [3.63, 3.8) is 0 Å². The highest BCUT2D eigenvalue weighted by Crippen LogP contribution is 2.29. The molecule has 6 nitrogen and oxygen atoms in total. The van der Waals surface area contributed by atoms with E-state index in [0.29, 0.717) is 19.8 Å². The van der Waals surface area contributed by atoms with Gasteiger partial charge in [-0.1, -0.05) is 12.1 Å². The number of benzene rings is 1. The molecule has 0 atom stereocenters. The molecule has 6 heteroatoms. The van der Waals surface area contributed by atoms with Crippen molar-refractivity contribution in [1.29, 1.82) is 0 Å². The van der Waals surface area contributed by atoms with Crippen LogP contribution in [0.5, 0.6) is 5.75 Å². The summed E-state index contributed by atoms with van der Waals surface area (Å²) in [4.78, 5) is 14.8. The Balaban J connectivity index is 1.84. The SMILES string of the molecule is COCC1(C(=O)NCc2ccc(OCCN(C)C)cc2)CCNCC1. The van der Waals surface area contributed by atoms with Crippen LogP contribution in [0.1, 0.15) is 18.4 Å². The summed E-state index contributed by atoms with van der Waals surface area (Å²) in [6.07, 6.45) is 1.62. The first-order valence-electron chi connectivity index (χ1n) is 8.90. The molecule has 1 aromatic carbocycles. The van der Waals surface area contributed by atoms with Crippen LogP contribution < -0.4 is 15.4 Å². The molecular formula is C19H31N3O3. The first kappa shape index (κ1) is 19.7. The molecule has 0 bridgehead atoms. The van der Waals surface area contributed by atoms with Gasteiger partial charge in [0, 0.05) is 20.2 Å². The monoisotopic (exact) mass is 349 g/mol. The lowest BCUT2D eigenvalue weighted by atomic mass is 9.78. The molecule has 1 aliphatic rings. The van der Waals surface area contributed by atoms with Crippen molar-refractivity contribution in [1.82, 2.24) is 15.5 Å². The standard InChI is InChI=1S/C19H31N3O3/c1-22(2)12-13-25-17-6-4-16(5-7-17)14-21-18(23)19(15-24-3)8-10-20-11-9-19/h4-7,20H,8-15H2,1-3H3,(H,21,23). The third kappa shape index (κ3) is 5.99. The number of likely N-dealkylation sites (N-methyl/N-ethyl adjacent to an activating group) is 1. The minimum absolute atomic E-state index is 0.0853. The number of ether oxygens (including phenoxy) is 2. The van der Waals surface area contributed by atoms with Gasteiger partial charge in [-0.05, 0) is 57.7 Å². The maximum Gasteiger partial charge on any atom is 0.228 e. The zero-order chi connectivity index (χ0) is 18.1. The molecular weight excluding hydrogens is 318 g/mol. The largest absolute Gasteiger partial charge is 0.492 e. The van der Waals surface area contributed by atoms with Gasteiger partial charge < -0.3 is 25.0 Å². The highest BCUT2D eigenvalue weighted by atomic mass is 16.5. The second-order valence-corrected chi connectivity index (χ2v) is 6.94. The van der Waals surface area contributed by atoms with E-state index in [4.69, 9.17) is 9.47 Å². The van der Waals surface area contributed by atoms with Gasteiger partial charge in [0.05, 0.1) is 12.0 Å². The molecule has 1 amide bonds. The number of carbonyl (C=O) groups is 1. The Kier molecular flexibility index (Phi) is 7.68. The molecule has 0 spiro atoms. The predicted octanol–water partition coefficient (Wildman–Crippen LogP) is 1.26. The first-order valence-corrected chi connectivity index (χ1v) is 8.90. The molecule has 1 fully saturated rings. The van der Waals surface area contributed by atoms with Crippen LogP contribution in [0, 0.1) is 5.41 Å². The molecule has 1 aromatic rings. The lowest BCUT2D eigenvalue weighted by Gasteiger charge is -2.35. The lowest BCUT2D eigenvalue weighted by molar-refractivity contribution is -0.136. The van der Waals surface area contributed by atoms with Crippen LogP contribution in [0.25, 0.3) is 0 Å². The van der Waals surface area contributed by atoms with Crippen LogP contribution in [0.4, 0.5) is 0 Å². The van der Waals surface area contributed by atoms with Crippen molar-refractivity contribution >= 4 is 5.91 Å². The normalized spacial score (nSPS) is 16.6. The number of carbonyl (C=O) groups excluding carboxylic acids is 1. The average Bonchev–Trinajstić information content (AvgIpc) is 2.61. The third-order valence-electron chi connectivity index (χ3n) is 4.65.